The van der Waals surface area contributed by atoms with Crippen molar-refractivity contribution in [1.82, 2.24) is 0 Å². The van der Waals surface area contributed by atoms with Crippen LogP contribution in [0.5, 0.6) is 0 Å². The van der Waals surface area contributed by atoms with Crippen molar-refractivity contribution in [1.29, 1.82) is 0 Å². The fourth-order valence-electron chi connectivity index (χ4n) is 0.355. The first-order valence-electron chi connectivity index (χ1n) is 2.94. The van der Waals surface area contributed by atoms with Gasteiger partial charge in [-0.3, -0.25) is 0 Å². The molecular weight excluding hydrogens is 166 g/mol. The van der Waals surface area contributed by atoms with Crippen LogP contribution in [0.4, 0.5) is 17.6 Å². The van der Waals surface area contributed by atoms with Crippen molar-refractivity contribution in [2.24, 2.45) is 5.73 Å². The average molecular weight is 175 g/mol. The van der Waals surface area contributed by atoms with Gasteiger partial charge in [-0.05, 0) is 0 Å². The highest BCUT2D eigenvalue weighted by atomic mass is 19.3. The number of ether oxygens (including phenoxy) is 1. The van der Waals surface area contributed by atoms with Crippen LogP contribution in [0.2, 0.25) is 0 Å². The Balaban J connectivity index is 3.55. The molecule has 0 amide bonds. The molecule has 6 heteroatoms. The van der Waals surface area contributed by atoms with Gasteiger partial charge in [0, 0.05) is 6.54 Å². The van der Waals surface area contributed by atoms with Gasteiger partial charge in [0.15, 0.2) is 0 Å². The van der Waals surface area contributed by atoms with Crippen molar-refractivity contribution in [3.05, 3.63) is 0 Å². The van der Waals surface area contributed by atoms with Gasteiger partial charge in [-0.2, -0.15) is 8.78 Å². The van der Waals surface area contributed by atoms with Crippen LogP contribution in [0.25, 0.3) is 0 Å². The zero-order valence-electron chi connectivity index (χ0n) is 5.70. The Hall–Kier alpha value is -0.360. The SMILES string of the molecule is NCCOCC(F)(F)C(F)F. The molecule has 0 saturated heterocycles. The third kappa shape index (κ3) is 4.15. The van der Waals surface area contributed by atoms with Gasteiger partial charge in [-0.25, -0.2) is 8.78 Å². The smallest absolute Gasteiger partial charge is 0.330 e. The molecular formula is C5H9F4NO. The van der Waals surface area contributed by atoms with Gasteiger partial charge in [0.25, 0.3) is 0 Å². The molecule has 0 spiro atoms. The molecule has 0 unspecified atom stereocenters. The summed E-state index contributed by atoms with van der Waals surface area (Å²) in [5.41, 5.74) is 4.88. The summed E-state index contributed by atoms with van der Waals surface area (Å²) < 4.78 is 50.8. The van der Waals surface area contributed by atoms with Crippen LogP contribution in [0, 0.1) is 0 Å². The van der Waals surface area contributed by atoms with Crippen molar-refractivity contribution >= 4 is 0 Å². The third-order valence-corrected chi connectivity index (χ3v) is 0.876. The first kappa shape index (κ1) is 10.6. The van der Waals surface area contributed by atoms with Gasteiger partial charge < -0.3 is 10.5 Å². The summed E-state index contributed by atoms with van der Waals surface area (Å²) >= 11 is 0. The maximum atomic E-state index is 12.0. The lowest BCUT2D eigenvalue weighted by Gasteiger charge is -2.14. The summed E-state index contributed by atoms with van der Waals surface area (Å²) in [5, 5.41) is 0. The standard InChI is InChI=1S/C5H9F4NO/c6-4(7)5(8,9)3-11-2-1-10/h4H,1-3,10H2. The second-order valence-corrected chi connectivity index (χ2v) is 1.90. The van der Waals surface area contributed by atoms with Gasteiger partial charge >= 0.3 is 12.3 Å². The van der Waals surface area contributed by atoms with Crippen LogP contribution in [0.15, 0.2) is 0 Å². The maximum absolute atomic E-state index is 12.0. The Morgan fingerprint density at radius 2 is 1.91 bits per heavy atom. The highest BCUT2D eigenvalue weighted by Crippen LogP contribution is 2.22. The fraction of sp³-hybridized carbons (Fsp3) is 1.00. The average Bonchev–Trinajstić information content (AvgIpc) is 1.88. The van der Waals surface area contributed by atoms with Crippen LogP contribution in [0.3, 0.4) is 0 Å². The van der Waals surface area contributed by atoms with Crippen LogP contribution in [-0.2, 0) is 4.74 Å². The quantitative estimate of drug-likeness (QED) is 0.497. The molecule has 0 bridgehead atoms. The number of rotatable bonds is 5. The summed E-state index contributed by atoms with van der Waals surface area (Å²) in [6.07, 6.45) is -3.68. The molecule has 0 aromatic carbocycles. The number of hydrogen-bond donors (Lipinski definition) is 1. The summed E-state index contributed by atoms with van der Waals surface area (Å²) in [6.45, 7) is -1.37. The van der Waals surface area contributed by atoms with Crippen molar-refractivity contribution in [2.45, 2.75) is 12.3 Å². The lowest BCUT2D eigenvalue weighted by Crippen LogP contribution is -2.33. The summed E-state index contributed by atoms with van der Waals surface area (Å²) in [7, 11) is 0. The summed E-state index contributed by atoms with van der Waals surface area (Å²) in [5.74, 6) is -4.06. The van der Waals surface area contributed by atoms with Gasteiger partial charge in [-0.1, -0.05) is 0 Å². The summed E-state index contributed by atoms with van der Waals surface area (Å²) in [4.78, 5) is 0. The minimum absolute atomic E-state index is 0.0410. The number of nitrogens with two attached hydrogens (primary N) is 1. The van der Waals surface area contributed by atoms with Crippen molar-refractivity contribution in [3.63, 3.8) is 0 Å². The topological polar surface area (TPSA) is 35.2 Å². The largest absolute Gasteiger partial charge is 0.374 e. The van der Waals surface area contributed by atoms with E-state index in [1.54, 1.807) is 0 Å². The highest BCUT2D eigenvalue weighted by Gasteiger charge is 2.40. The molecule has 68 valence electrons. The Morgan fingerprint density at radius 3 is 2.27 bits per heavy atom. The highest BCUT2D eigenvalue weighted by molar-refractivity contribution is 4.67. The van der Waals surface area contributed by atoms with E-state index in [1.807, 2.05) is 0 Å². The minimum Gasteiger partial charge on any atom is -0.374 e. The Bertz CT molecular complexity index is 109. The van der Waals surface area contributed by atoms with E-state index in [0.29, 0.717) is 0 Å². The van der Waals surface area contributed by atoms with E-state index in [9.17, 15) is 17.6 Å². The van der Waals surface area contributed by atoms with E-state index in [2.05, 4.69) is 4.74 Å². The molecule has 0 saturated carbocycles. The molecule has 11 heavy (non-hydrogen) atoms. The number of hydrogen-bond acceptors (Lipinski definition) is 2. The Morgan fingerprint density at radius 1 is 1.36 bits per heavy atom. The lowest BCUT2D eigenvalue weighted by molar-refractivity contribution is -0.165. The molecule has 0 fully saturated rings. The van der Waals surface area contributed by atoms with Gasteiger partial charge in [-0.15, -0.1) is 0 Å². The second-order valence-electron chi connectivity index (χ2n) is 1.90. The van der Waals surface area contributed by atoms with E-state index in [4.69, 9.17) is 5.73 Å². The van der Waals surface area contributed by atoms with Crippen molar-refractivity contribution < 1.29 is 22.3 Å². The van der Waals surface area contributed by atoms with Gasteiger partial charge in [0.1, 0.15) is 6.61 Å². The van der Waals surface area contributed by atoms with E-state index in [1.165, 1.54) is 0 Å². The normalized spacial score (nSPS) is 12.5. The van der Waals surface area contributed by atoms with Crippen LogP contribution >= 0.6 is 0 Å². The minimum atomic E-state index is -4.06. The summed E-state index contributed by atoms with van der Waals surface area (Å²) in [6, 6.07) is 0. The first-order chi connectivity index (χ1) is 5.00. The zero-order chi connectivity index (χ0) is 8.91. The van der Waals surface area contributed by atoms with Gasteiger partial charge in [0.2, 0.25) is 0 Å². The van der Waals surface area contributed by atoms with E-state index >= 15 is 0 Å². The molecule has 0 aliphatic rings. The molecule has 0 radical (unpaired) electrons. The van der Waals surface area contributed by atoms with E-state index in [0.717, 1.165) is 0 Å². The molecule has 2 nitrogen and oxygen atoms in total. The van der Waals surface area contributed by atoms with E-state index in [-0.39, 0.29) is 13.2 Å². The molecule has 0 aromatic heterocycles. The molecule has 0 atom stereocenters. The molecule has 0 aliphatic heterocycles. The third-order valence-electron chi connectivity index (χ3n) is 0.876. The first-order valence-corrected chi connectivity index (χ1v) is 2.94. The van der Waals surface area contributed by atoms with Gasteiger partial charge in [0.05, 0.1) is 6.61 Å². The maximum Gasteiger partial charge on any atom is 0.330 e. The van der Waals surface area contributed by atoms with Crippen molar-refractivity contribution in [3.8, 4) is 0 Å². The zero-order valence-corrected chi connectivity index (χ0v) is 5.70. The predicted molar refractivity (Wildman–Crippen MR) is 30.8 cm³/mol. The Kier molecular flexibility index (Phi) is 4.36. The molecule has 0 heterocycles. The second kappa shape index (κ2) is 4.50. The number of halogens is 4. The number of alkyl halides is 4. The molecule has 0 rings (SSSR count). The molecule has 2 N–H and O–H groups in total. The fourth-order valence-corrected chi connectivity index (χ4v) is 0.355. The van der Waals surface area contributed by atoms with Crippen molar-refractivity contribution in [2.75, 3.05) is 19.8 Å². The Labute approximate surface area is 61.3 Å². The molecule has 0 aromatic rings. The molecule has 0 aliphatic carbocycles. The lowest BCUT2D eigenvalue weighted by atomic mass is 10.4. The van der Waals surface area contributed by atoms with E-state index < -0.39 is 19.0 Å². The monoisotopic (exact) mass is 175 g/mol. The van der Waals surface area contributed by atoms with Crippen LogP contribution < -0.4 is 5.73 Å². The van der Waals surface area contributed by atoms with Crippen LogP contribution in [0.1, 0.15) is 0 Å². The van der Waals surface area contributed by atoms with Crippen LogP contribution in [-0.4, -0.2) is 32.1 Å². The predicted octanol–water partition coefficient (Wildman–Crippen LogP) is 0.862.